The van der Waals surface area contributed by atoms with Crippen molar-refractivity contribution in [2.45, 2.75) is 52.7 Å². The third-order valence-corrected chi connectivity index (χ3v) is 5.65. The van der Waals surface area contributed by atoms with E-state index in [-0.39, 0.29) is 31.0 Å². The summed E-state index contributed by atoms with van der Waals surface area (Å²) in [6.45, 7) is 6.99. The third-order valence-electron chi connectivity index (χ3n) is 5.65. The molecule has 0 saturated carbocycles. The van der Waals surface area contributed by atoms with Crippen LogP contribution in [0.2, 0.25) is 0 Å². The number of benzene rings is 2. The third kappa shape index (κ3) is 10.6. The minimum absolute atomic E-state index is 0.0294. The van der Waals surface area contributed by atoms with Gasteiger partial charge in [0.2, 0.25) is 0 Å². The predicted octanol–water partition coefficient (Wildman–Crippen LogP) is 6.34. The van der Waals surface area contributed by atoms with Crippen LogP contribution in [0.3, 0.4) is 0 Å². The molecule has 0 saturated heterocycles. The SMILES string of the molecule is CCOCOc1cc2c(c(OCOCC)c1)C(=O)O[C@H](C)CC=CCCC=C/C(NOCc1ccccc1)=C/2. The number of esters is 1. The van der Waals surface area contributed by atoms with Gasteiger partial charge in [0, 0.05) is 25.7 Å². The minimum Gasteiger partial charge on any atom is -0.467 e. The molecule has 3 rings (SSSR count). The van der Waals surface area contributed by atoms with Crippen molar-refractivity contribution in [1.82, 2.24) is 5.48 Å². The Kier molecular flexibility index (Phi) is 13.1. The molecule has 1 aliphatic heterocycles. The predicted molar refractivity (Wildman–Crippen MR) is 150 cm³/mol. The number of carbonyl (C=O) groups is 1. The second kappa shape index (κ2) is 17.1. The summed E-state index contributed by atoms with van der Waals surface area (Å²) in [5.74, 6) is 0.260. The lowest BCUT2D eigenvalue weighted by molar-refractivity contribution is 0.0161. The molecule has 2 aromatic rings. The average Bonchev–Trinajstić information content (AvgIpc) is 2.92. The van der Waals surface area contributed by atoms with E-state index in [1.54, 1.807) is 12.1 Å². The van der Waals surface area contributed by atoms with E-state index >= 15 is 0 Å². The average molecular weight is 538 g/mol. The Balaban J connectivity index is 2.02. The minimum atomic E-state index is -0.504. The van der Waals surface area contributed by atoms with E-state index < -0.39 is 5.97 Å². The molecule has 39 heavy (non-hydrogen) atoms. The fraction of sp³-hybridized carbons (Fsp3) is 0.387. The lowest BCUT2D eigenvalue weighted by Crippen LogP contribution is -2.18. The smallest absolute Gasteiger partial charge is 0.342 e. The van der Waals surface area contributed by atoms with Gasteiger partial charge < -0.3 is 23.7 Å². The van der Waals surface area contributed by atoms with Gasteiger partial charge >= 0.3 is 5.97 Å². The van der Waals surface area contributed by atoms with Crippen molar-refractivity contribution in [2.24, 2.45) is 0 Å². The first-order valence-corrected chi connectivity index (χ1v) is 13.4. The van der Waals surface area contributed by atoms with Crippen molar-refractivity contribution in [1.29, 1.82) is 0 Å². The number of rotatable bonds is 12. The number of cyclic esters (lactones) is 1. The largest absolute Gasteiger partial charge is 0.467 e. The molecule has 210 valence electrons. The van der Waals surface area contributed by atoms with Crippen LogP contribution in [0.25, 0.3) is 6.08 Å². The molecular weight excluding hydrogens is 498 g/mol. The highest BCUT2D eigenvalue weighted by atomic mass is 16.7. The quantitative estimate of drug-likeness (QED) is 0.110. The molecule has 1 aliphatic rings. The summed E-state index contributed by atoms with van der Waals surface area (Å²) in [5, 5.41) is 0. The van der Waals surface area contributed by atoms with Crippen LogP contribution in [0.1, 0.15) is 61.5 Å². The maximum atomic E-state index is 13.5. The number of fused-ring (bicyclic) bond motifs is 1. The monoisotopic (exact) mass is 537 g/mol. The first-order chi connectivity index (χ1) is 19.1. The Morgan fingerprint density at radius 3 is 2.46 bits per heavy atom. The second-order valence-corrected chi connectivity index (χ2v) is 8.77. The van der Waals surface area contributed by atoms with Gasteiger partial charge in [-0.05, 0) is 63.0 Å². The number of ether oxygens (including phenoxy) is 5. The lowest BCUT2D eigenvalue weighted by atomic mass is 10.0. The number of nitrogens with one attached hydrogen (secondary N) is 1. The summed E-state index contributed by atoms with van der Waals surface area (Å²) in [7, 11) is 0. The van der Waals surface area contributed by atoms with E-state index in [0.717, 1.165) is 18.4 Å². The maximum absolute atomic E-state index is 13.5. The Hall–Kier alpha value is -3.59. The Morgan fingerprint density at radius 2 is 1.69 bits per heavy atom. The number of hydrogen-bond acceptors (Lipinski definition) is 8. The molecule has 0 fully saturated rings. The van der Waals surface area contributed by atoms with Crippen molar-refractivity contribution < 1.29 is 33.3 Å². The van der Waals surface area contributed by atoms with Crippen LogP contribution in [0.4, 0.5) is 0 Å². The lowest BCUT2D eigenvalue weighted by Gasteiger charge is -2.19. The van der Waals surface area contributed by atoms with Gasteiger partial charge in [0.1, 0.15) is 23.2 Å². The summed E-state index contributed by atoms with van der Waals surface area (Å²) < 4.78 is 28.2. The molecule has 1 atom stereocenters. The van der Waals surface area contributed by atoms with Crippen LogP contribution >= 0.6 is 0 Å². The zero-order valence-corrected chi connectivity index (χ0v) is 23.0. The van der Waals surface area contributed by atoms with Crippen molar-refractivity contribution >= 4 is 12.0 Å². The normalized spacial score (nSPS) is 17.4. The highest BCUT2D eigenvalue weighted by Gasteiger charge is 2.23. The van der Waals surface area contributed by atoms with E-state index in [2.05, 4.69) is 17.6 Å². The first-order valence-electron chi connectivity index (χ1n) is 13.4. The van der Waals surface area contributed by atoms with Gasteiger partial charge in [-0.2, -0.15) is 0 Å². The van der Waals surface area contributed by atoms with Gasteiger partial charge in [-0.15, -0.1) is 0 Å². The molecule has 0 aliphatic carbocycles. The molecule has 8 heteroatoms. The van der Waals surface area contributed by atoms with Crippen LogP contribution in [0, 0.1) is 0 Å². The number of hydrogen-bond donors (Lipinski definition) is 1. The van der Waals surface area contributed by atoms with E-state index in [1.165, 1.54) is 0 Å². The summed E-state index contributed by atoms with van der Waals surface area (Å²) in [6, 6.07) is 13.3. The van der Waals surface area contributed by atoms with E-state index in [1.807, 2.05) is 69.3 Å². The molecule has 0 bridgehead atoms. The van der Waals surface area contributed by atoms with Crippen LogP contribution in [-0.2, 0) is 25.7 Å². The molecule has 1 N–H and O–H groups in total. The highest BCUT2D eigenvalue weighted by Crippen LogP contribution is 2.32. The maximum Gasteiger partial charge on any atom is 0.342 e. The molecule has 2 aromatic carbocycles. The molecule has 0 amide bonds. The highest BCUT2D eigenvalue weighted by molar-refractivity contribution is 5.97. The summed E-state index contributed by atoms with van der Waals surface area (Å²) in [6.07, 6.45) is 11.9. The number of carbonyl (C=O) groups excluding carboxylic acids is 1. The summed E-state index contributed by atoms with van der Waals surface area (Å²) in [5.41, 5.74) is 5.50. The zero-order chi connectivity index (χ0) is 27.7. The van der Waals surface area contributed by atoms with E-state index in [4.69, 9.17) is 28.5 Å². The van der Waals surface area contributed by atoms with Crippen LogP contribution < -0.4 is 15.0 Å². The molecule has 8 nitrogen and oxygen atoms in total. The molecular formula is C31H39NO7. The number of allylic oxidation sites excluding steroid dienone is 3. The molecule has 0 radical (unpaired) electrons. The topological polar surface area (TPSA) is 84.5 Å². The first kappa shape index (κ1) is 30.0. The summed E-state index contributed by atoms with van der Waals surface area (Å²) in [4.78, 5) is 19.3. The number of hydroxylamine groups is 1. The Bertz CT molecular complexity index is 1110. The van der Waals surface area contributed by atoms with Crippen molar-refractivity contribution in [3.63, 3.8) is 0 Å². The molecule has 0 unspecified atom stereocenters. The van der Waals surface area contributed by atoms with Crippen molar-refractivity contribution in [3.05, 3.63) is 89.2 Å². The van der Waals surface area contributed by atoms with Gasteiger partial charge in [0.15, 0.2) is 13.6 Å². The van der Waals surface area contributed by atoms with Crippen molar-refractivity contribution in [2.75, 3.05) is 26.8 Å². The standard InChI is InChI=1S/C31H39NO7/c1-4-34-22-36-28-19-26-18-27(32-38-21-25-15-11-9-12-16-25)17-13-8-6-7-10-14-24(3)39-31(33)30(26)29(20-28)37-23-35-5-2/h7,9-13,15-20,24,32H,4-6,8,14,21-23H2,1-3H3/b10-7?,17-13?,27-18-/t24-/m1/s1. The van der Waals surface area contributed by atoms with Crippen molar-refractivity contribution in [3.8, 4) is 11.5 Å². The van der Waals surface area contributed by atoms with E-state index in [9.17, 15) is 4.79 Å². The zero-order valence-electron chi connectivity index (χ0n) is 23.0. The van der Waals surface area contributed by atoms with Gasteiger partial charge in [0.25, 0.3) is 0 Å². The van der Waals surface area contributed by atoms with Crippen LogP contribution in [0.15, 0.2) is 72.5 Å². The van der Waals surface area contributed by atoms with Gasteiger partial charge in [-0.1, -0.05) is 48.6 Å². The van der Waals surface area contributed by atoms with Gasteiger partial charge in [0.05, 0.1) is 12.3 Å². The fourth-order valence-corrected chi connectivity index (χ4v) is 3.68. The molecule has 0 aromatic heterocycles. The van der Waals surface area contributed by atoms with Crippen LogP contribution in [-0.4, -0.2) is 38.9 Å². The van der Waals surface area contributed by atoms with Crippen LogP contribution in [0.5, 0.6) is 11.5 Å². The van der Waals surface area contributed by atoms with Gasteiger partial charge in [-0.25, -0.2) is 4.79 Å². The van der Waals surface area contributed by atoms with Gasteiger partial charge in [-0.3, -0.25) is 10.3 Å². The molecule has 0 spiro atoms. The fourth-order valence-electron chi connectivity index (χ4n) is 3.68. The summed E-state index contributed by atoms with van der Waals surface area (Å²) >= 11 is 0. The second-order valence-electron chi connectivity index (χ2n) is 8.77. The molecule has 1 heterocycles. The Labute approximate surface area is 231 Å². The Morgan fingerprint density at radius 1 is 0.949 bits per heavy atom. The van der Waals surface area contributed by atoms with E-state index in [0.29, 0.717) is 43.3 Å².